The molecule has 0 spiro atoms. The van der Waals surface area contributed by atoms with E-state index < -0.39 is 0 Å². The van der Waals surface area contributed by atoms with Crippen LogP contribution >= 0.6 is 0 Å². The molecule has 0 heterocycles. The van der Waals surface area contributed by atoms with E-state index in [4.69, 9.17) is 9.73 Å². The maximum atomic E-state index is 5.24. The van der Waals surface area contributed by atoms with Crippen LogP contribution < -0.4 is 4.74 Å². The fourth-order valence-electron chi connectivity index (χ4n) is 3.42. The Morgan fingerprint density at radius 3 is 1.76 bits per heavy atom. The molecule has 0 radical (unpaired) electrons. The number of nitrogens with zero attached hydrogens (tertiary/aromatic N) is 2. The molecule has 0 aromatic heterocycles. The molecule has 3 nitrogen and oxygen atoms in total. The van der Waals surface area contributed by atoms with Crippen molar-refractivity contribution < 1.29 is 4.74 Å². The third-order valence-electron chi connectivity index (χ3n) is 5.01. The SMILES string of the molecule is COc1ccc(N=C[C@H](C(C)C)N(Cc2ccccc2)Cc2ccccc2)cc1. The van der Waals surface area contributed by atoms with E-state index in [2.05, 4.69) is 85.6 Å². The topological polar surface area (TPSA) is 24.8 Å². The summed E-state index contributed by atoms with van der Waals surface area (Å²) in [5, 5.41) is 0. The number of benzene rings is 3. The minimum Gasteiger partial charge on any atom is -0.497 e. The number of rotatable bonds is 9. The molecule has 3 rings (SSSR count). The predicted octanol–water partition coefficient (Wildman–Crippen LogP) is 6.12. The molecule has 0 N–H and O–H groups in total. The molecule has 0 amide bonds. The zero-order valence-electron chi connectivity index (χ0n) is 17.5. The molecule has 3 aromatic carbocycles. The lowest BCUT2D eigenvalue weighted by Gasteiger charge is -2.32. The average Bonchev–Trinajstić information content (AvgIpc) is 2.75. The van der Waals surface area contributed by atoms with Crippen molar-refractivity contribution in [3.05, 3.63) is 96.1 Å². The smallest absolute Gasteiger partial charge is 0.119 e. The lowest BCUT2D eigenvalue weighted by molar-refractivity contribution is 0.189. The number of hydrogen-bond donors (Lipinski definition) is 0. The maximum absolute atomic E-state index is 5.24. The number of aliphatic imine (C=N–C) groups is 1. The van der Waals surface area contributed by atoms with Crippen molar-refractivity contribution in [2.24, 2.45) is 10.9 Å². The number of methoxy groups -OCH3 is 1. The van der Waals surface area contributed by atoms with Gasteiger partial charge in [-0.25, -0.2) is 0 Å². The minimum absolute atomic E-state index is 0.220. The van der Waals surface area contributed by atoms with Crippen LogP contribution in [-0.4, -0.2) is 24.3 Å². The van der Waals surface area contributed by atoms with Gasteiger partial charge in [-0.15, -0.1) is 0 Å². The van der Waals surface area contributed by atoms with Gasteiger partial charge in [-0.2, -0.15) is 0 Å². The second-order valence-corrected chi connectivity index (χ2v) is 7.59. The Morgan fingerprint density at radius 2 is 1.31 bits per heavy atom. The van der Waals surface area contributed by atoms with Gasteiger partial charge in [-0.05, 0) is 41.3 Å². The third kappa shape index (κ3) is 6.30. The van der Waals surface area contributed by atoms with Crippen LogP contribution in [0.2, 0.25) is 0 Å². The molecule has 0 fully saturated rings. The van der Waals surface area contributed by atoms with E-state index >= 15 is 0 Å². The molecular formula is C26H30N2O. The van der Waals surface area contributed by atoms with Gasteiger partial charge in [-0.1, -0.05) is 74.5 Å². The van der Waals surface area contributed by atoms with E-state index in [1.165, 1.54) is 11.1 Å². The summed E-state index contributed by atoms with van der Waals surface area (Å²) in [5.41, 5.74) is 3.56. The standard InChI is InChI=1S/C26H30N2O/c1-21(2)26(18-27-24-14-16-25(29-3)17-15-24)28(19-22-10-6-4-7-11-22)20-23-12-8-5-9-13-23/h4-18,21,26H,19-20H2,1-3H3/t26-/m1/s1. The van der Waals surface area contributed by atoms with Gasteiger partial charge in [0, 0.05) is 25.3 Å². The summed E-state index contributed by atoms with van der Waals surface area (Å²) in [6, 6.07) is 29.4. The summed E-state index contributed by atoms with van der Waals surface area (Å²) >= 11 is 0. The summed E-state index contributed by atoms with van der Waals surface area (Å²) in [4.78, 5) is 7.29. The van der Waals surface area contributed by atoms with E-state index in [1.54, 1.807) is 7.11 Å². The van der Waals surface area contributed by atoms with Crippen molar-refractivity contribution in [3.63, 3.8) is 0 Å². The molecule has 0 aliphatic carbocycles. The zero-order chi connectivity index (χ0) is 20.5. The van der Waals surface area contributed by atoms with Crippen LogP contribution in [0.1, 0.15) is 25.0 Å². The van der Waals surface area contributed by atoms with Gasteiger partial charge >= 0.3 is 0 Å². The van der Waals surface area contributed by atoms with E-state index in [0.29, 0.717) is 5.92 Å². The lowest BCUT2D eigenvalue weighted by Crippen LogP contribution is -2.39. The number of ether oxygens (including phenoxy) is 1. The first-order chi connectivity index (χ1) is 14.2. The minimum atomic E-state index is 0.220. The molecule has 0 bridgehead atoms. The molecule has 0 unspecified atom stereocenters. The molecule has 29 heavy (non-hydrogen) atoms. The molecule has 0 saturated heterocycles. The van der Waals surface area contributed by atoms with Crippen LogP contribution in [0, 0.1) is 5.92 Å². The van der Waals surface area contributed by atoms with Crippen LogP contribution in [0.5, 0.6) is 5.75 Å². The Kier molecular flexibility index (Phi) is 7.60. The van der Waals surface area contributed by atoms with Crippen LogP contribution in [0.25, 0.3) is 0 Å². The fraction of sp³-hybridized carbons (Fsp3) is 0.269. The van der Waals surface area contributed by atoms with E-state index in [9.17, 15) is 0 Å². The first-order valence-corrected chi connectivity index (χ1v) is 10.2. The summed E-state index contributed by atoms with van der Waals surface area (Å²) in [7, 11) is 1.68. The molecular weight excluding hydrogens is 356 g/mol. The van der Waals surface area contributed by atoms with Gasteiger partial charge in [0.1, 0.15) is 5.75 Å². The average molecular weight is 387 g/mol. The Bertz CT molecular complexity index is 832. The fourth-order valence-corrected chi connectivity index (χ4v) is 3.42. The highest BCUT2D eigenvalue weighted by atomic mass is 16.5. The Balaban J connectivity index is 1.84. The summed E-state index contributed by atoms with van der Waals surface area (Å²) in [5.74, 6) is 1.28. The maximum Gasteiger partial charge on any atom is 0.119 e. The van der Waals surface area contributed by atoms with Crippen LogP contribution in [0.3, 0.4) is 0 Å². The van der Waals surface area contributed by atoms with Gasteiger partial charge in [-0.3, -0.25) is 9.89 Å². The van der Waals surface area contributed by atoms with Crippen LogP contribution in [0.4, 0.5) is 5.69 Å². The predicted molar refractivity (Wildman–Crippen MR) is 122 cm³/mol. The molecule has 0 aliphatic rings. The normalized spacial score (nSPS) is 12.6. The van der Waals surface area contributed by atoms with Gasteiger partial charge in [0.15, 0.2) is 0 Å². The van der Waals surface area contributed by atoms with E-state index in [-0.39, 0.29) is 6.04 Å². The zero-order valence-corrected chi connectivity index (χ0v) is 17.5. The quantitative estimate of drug-likeness (QED) is 0.414. The lowest BCUT2D eigenvalue weighted by atomic mass is 10.0. The largest absolute Gasteiger partial charge is 0.497 e. The van der Waals surface area contributed by atoms with Crippen molar-refractivity contribution in [1.82, 2.24) is 4.90 Å². The highest BCUT2D eigenvalue weighted by Gasteiger charge is 2.21. The third-order valence-corrected chi connectivity index (χ3v) is 5.01. The highest BCUT2D eigenvalue weighted by molar-refractivity contribution is 5.69. The summed E-state index contributed by atoms with van der Waals surface area (Å²) < 4.78 is 5.24. The van der Waals surface area contributed by atoms with Crippen molar-refractivity contribution >= 4 is 11.9 Å². The monoisotopic (exact) mass is 386 g/mol. The van der Waals surface area contributed by atoms with Crippen LogP contribution in [-0.2, 0) is 13.1 Å². The van der Waals surface area contributed by atoms with Crippen molar-refractivity contribution in [1.29, 1.82) is 0 Å². The van der Waals surface area contributed by atoms with E-state index in [1.807, 2.05) is 24.3 Å². The highest BCUT2D eigenvalue weighted by Crippen LogP contribution is 2.21. The molecule has 3 aromatic rings. The first kappa shape index (κ1) is 20.8. The Hall–Kier alpha value is -2.91. The van der Waals surface area contributed by atoms with Gasteiger partial charge in [0.25, 0.3) is 0 Å². The molecule has 150 valence electrons. The molecule has 1 atom stereocenters. The van der Waals surface area contributed by atoms with Crippen LogP contribution in [0.15, 0.2) is 89.9 Å². The summed E-state index contributed by atoms with van der Waals surface area (Å²) in [6.07, 6.45) is 2.10. The number of hydrogen-bond acceptors (Lipinski definition) is 3. The molecule has 0 aliphatic heterocycles. The van der Waals surface area contributed by atoms with Gasteiger partial charge < -0.3 is 4.74 Å². The molecule has 3 heteroatoms. The van der Waals surface area contributed by atoms with Crippen molar-refractivity contribution in [3.8, 4) is 5.75 Å². The van der Waals surface area contributed by atoms with E-state index in [0.717, 1.165) is 24.5 Å². The second kappa shape index (κ2) is 10.6. The second-order valence-electron chi connectivity index (χ2n) is 7.59. The summed E-state index contributed by atoms with van der Waals surface area (Å²) in [6.45, 7) is 6.28. The Morgan fingerprint density at radius 1 is 0.793 bits per heavy atom. The van der Waals surface area contributed by atoms with Gasteiger partial charge in [0.2, 0.25) is 0 Å². The van der Waals surface area contributed by atoms with Crippen molar-refractivity contribution in [2.75, 3.05) is 7.11 Å². The first-order valence-electron chi connectivity index (χ1n) is 10.2. The Labute approximate surface area is 174 Å². The molecule has 0 saturated carbocycles. The van der Waals surface area contributed by atoms with Crippen molar-refractivity contribution in [2.45, 2.75) is 33.0 Å². The van der Waals surface area contributed by atoms with Gasteiger partial charge in [0.05, 0.1) is 12.8 Å².